The van der Waals surface area contributed by atoms with E-state index in [0.717, 1.165) is 15.9 Å². The molecule has 0 saturated heterocycles. The van der Waals surface area contributed by atoms with Crippen molar-refractivity contribution in [1.29, 1.82) is 0 Å². The third-order valence-electron chi connectivity index (χ3n) is 0.0833. The van der Waals surface area contributed by atoms with Crippen LogP contribution in [0.25, 0.3) is 0 Å². The van der Waals surface area contributed by atoms with Crippen molar-refractivity contribution in [3.8, 4) is 0 Å². The van der Waals surface area contributed by atoms with Crippen LogP contribution in [0.1, 0.15) is 0 Å². The van der Waals surface area contributed by atoms with Crippen LogP contribution in [0, 0.1) is 0 Å². The molecule has 0 aromatic rings. The molecule has 0 radical (unpaired) electrons. The molecule has 0 amide bonds. The molecule has 0 spiro atoms. The Morgan fingerprint density at radius 2 is 1.20 bits per heavy atom. The summed E-state index contributed by atoms with van der Waals surface area (Å²) < 4.78 is 0. The Balaban J connectivity index is 0. The zero-order valence-electron chi connectivity index (χ0n) is 2.86. The molecule has 0 aromatic heterocycles. The van der Waals surface area contributed by atoms with E-state index in [9.17, 15) is 0 Å². The molecule has 5 heteroatoms. The Bertz CT molecular complexity index is 5.61. The second-order valence-corrected chi connectivity index (χ2v) is 7.79. The van der Waals surface area contributed by atoms with Crippen molar-refractivity contribution in [2.75, 3.05) is 0 Å². The van der Waals surface area contributed by atoms with Crippen molar-refractivity contribution >= 4 is 33.8 Å². The fraction of sp³-hybridized carbons (Fsp3) is 0. The molecule has 0 N–H and O–H groups in total. The summed E-state index contributed by atoms with van der Waals surface area (Å²) in [6.45, 7) is 0. The Morgan fingerprint density at radius 1 is 1.00 bits per heavy atom. The van der Waals surface area contributed by atoms with Crippen molar-refractivity contribution in [2.24, 2.45) is 0 Å². The van der Waals surface area contributed by atoms with E-state index in [2.05, 4.69) is 17.9 Å². The minimum absolute atomic E-state index is 0. The average molecular weight is 195 g/mol. The van der Waals surface area contributed by atoms with Crippen LogP contribution in [0.3, 0.4) is 0 Å². The zero-order chi connectivity index (χ0) is 3.41. The molecule has 0 aromatic carbocycles. The molecule has 28 valence electrons. The largest absolute Gasteiger partial charge is 0.110 e. The first-order valence-electron chi connectivity index (χ1n) is 0.827. The minimum Gasteiger partial charge on any atom is -0.110 e. The van der Waals surface area contributed by atoms with Crippen LogP contribution in [-0.2, 0) is 19.5 Å². The third-order valence-corrected chi connectivity index (χ3v) is 6.75. The van der Waals surface area contributed by atoms with E-state index < -0.39 is 0 Å². The van der Waals surface area contributed by atoms with Crippen molar-refractivity contribution in [3.05, 3.63) is 0 Å². The molecule has 0 aliphatic rings. The molecule has 4 unspecified atom stereocenters. The SMILES string of the molecule is PPPP.[Zn]. The average Bonchev–Trinajstić information content (AvgIpc) is 1.37. The summed E-state index contributed by atoms with van der Waals surface area (Å²) in [4.78, 5) is 0. The maximum absolute atomic E-state index is 2.67. The van der Waals surface area contributed by atoms with Gasteiger partial charge in [0.05, 0.1) is 0 Å². The van der Waals surface area contributed by atoms with E-state index in [0.29, 0.717) is 0 Å². The molecule has 0 aliphatic carbocycles. The van der Waals surface area contributed by atoms with Crippen LogP contribution >= 0.6 is 33.8 Å². The molecule has 0 fully saturated rings. The monoisotopic (exact) mass is 194 g/mol. The van der Waals surface area contributed by atoms with Crippen LogP contribution < -0.4 is 0 Å². The Morgan fingerprint density at radius 3 is 1.20 bits per heavy atom. The van der Waals surface area contributed by atoms with Gasteiger partial charge in [-0.15, -0.1) is 17.9 Å². The van der Waals surface area contributed by atoms with Crippen LogP contribution in [0.15, 0.2) is 0 Å². The number of hydrogen-bond acceptors (Lipinski definition) is 0. The van der Waals surface area contributed by atoms with Gasteiger partial charge in [0.2, 0.25) is 0 Å². The molecule has 0 nitrogen and oxygen atoms in total. The predicted octanol–water partition coefficient (Wildman–Crippen LogP) is 1.84. The normalized spacial score (nSPS) is 10.8. The number of hydrogen-bond donors (Lipinski definition) is 0. The predicted molar refractivity (Wildman–Crippen MR) is 36.1 cm³/mol. The summed E-state index contributed by atoms with van der Waals surface area (Å²) in [6.07, 6.45) is 0. The molecular formula is H6P4Zn. The zero-order valence-corrected chi connectivity index (χ0v) is 10.1. The molecule has 0 aliphatic heterocycles. The van der Waals surface area contributed by atoms with Crippen LogP contribution in [0.5, 0.6) is 0 Å². The molecule has 0 saturated carbocycles. The second-order valence-electron chi connectivity index (χ2n) is 0.289. The van der Waals surface area contributed by atoms with Gasteiger partial charge in [0.15, 0.2) is 0 Å². The van der Waals surface area contributed by atoms with Gasteiger partial charge < -0.3 is 0 Å². The Hall–Kier alpha value is 2.34. The van der Waals surface area contributed by atoms with Gasteiger partial charge >= 0.3 is 0 Å². The van der Waals surface area contributed by atoms with E-state index in [1.54, 1.807) is 0 Å². The summed E-state index contributed by atoms with van der Waals surface area (Å²) >= 11 is 0. The molecule has 0 bridgehead atoms. The van der Waals surface area contributed by atoms with Gasteiger partial charge in [-0.2, -0.15) is 0 Å². The smallest absolute Gasteiger partial charge is 0 e. The fourth-order valence-corrected chi connectivity index (χ4v) is 0. The van der Waals surface area contributed by atoms with Crippen LogP contribution in [0.4, 0.5) is 0 Å². The topological polar surface area (TPSA) is 0 Å². The van der Waals surface area contributed by atoms with E-state index in [4.69, 9.17) is 0 Å². The Labute approximate surface area is 53.4 Å². The number of rotatable bonds is 1. The summed E-state index contributed by atoms with van der Waals surface area (Å²) in [7, 11) is 7.44. The molecule has 5 heavy (non-hydrogen) atoms. The first-order valence-corrected chi connectivity index (χ1v) is 7.45. The maximum Gasteiger partial charge on any atom is 0 e. The third kappa shape index (κ3) is 10.7. The quantitative estimate of drug-likeness (QED) is 0.442. The standard InChI is InChI=1S/H6P4.Zn/c1-3-4-2;/h3-4H,1-2H2;. The van der Waals surface area contributed by atoms with Crippen LogP contribution in [0.2, 0.25) is 0 Å². The van der Waals surface area contributed by atoms with Gasteiger partial charge in [-0.1, -0.05) is 15.9 Å². The van der Waals surface area contributed by atoms with E-state index in [1.807, 2.05) is 0 Å². The maximum atomic E-state index is 2.67. The summed E-state index contributed by atoms with van der Waals surface area (Å²) in [5.41, 5.74) is 0. The summed E-state index contributed by atoms with van der Waals surface area (Å²) in [6, 6.07) is 0. The minimum atomic E-state index is 0. The van der Waals surface area contributed by atoms with Gasteiger partial charge in [0, 0.05) is 19.5 Å². The van der Waals surface area contributed by atoms with Gasteiger partial charge in [-0.25, -0.2) is 0 Å². The van der Waals surface area contributed by atoms with E-state index in [1.165, 1.54) is 0 Å². The van der Waals surface area contributed by atoms with E-state index in [-0.39, 0.29) is 19.5 Å². The van der Waals surface area contributed by atoms with Crippen molar-refractivity contribution in [1.82, 2.24) is 0 Å². The second kappa shape index (κ2) is 9.60. The van der Waals surface area contributed by atoms with Crippen molar-refractivity contribution in [2.45, 2.75) is 0 Å². The Kier molecular flexibility index (Phi) is 19.9. The molecule has 0 heterocycles. The first kappa shape index (κ1) is 10.3. The van der Waals surface area contributed by atoms with Crippen molar-refractivity contribution < 1.29 is 19.5 Å². The van der Waals surface area contributed by atoms with Crippen LogP contribution in [-0.4, -0.2) is 0 Å². The summed E-state index contributed by atoms with van der Waals surface area (Å²) in [5, 5.41) is 0. The van der Waals surface area contributed by atoms with Gasteiger partial charge in [-0.05, 0) is 0 Å². The van der Waals surface area contributed by atoms with E-state index >= 15 is 0 Å². The molecule has 4 atom stereocenters. The molecule has 0 rings (SSSR count). The van der Waals surface area contributed by atoms with Crippen molar-refractivity contribution in [3.63, 3.8) is 0 Å². The van der Waals surface area contributed by atoms with Gasteiger partial charge in [0.1, 0.15) is 0 Å². The van der Waals surface area contributed by atoms with Gasteiger partial charge in [-0.3, -0.25) is 0 Å². The first-order chi connectivity index (χ1) is 1.91. The summed E-state index contributed by atoms with van der Waals surface area (Å²) in [5.74, 6) is 0. The van der Waals surface area contributed by atoms with Gasteiger partial charge in [0.25, 0.3) is 0 Å². The molecular weight excluding hydrogens is 189 g/mol. The fourth-order valence-electron chi connectivity index (χ4n) is 0.